The second-order valence-corrected chi connectivity index (χ2v) is 10.2. The standard InChI is InChI=1S/C24H19Br3ClN3O4/c1-13-19(28)4-3-5-20(13)30-23(32)24(33)31-29-11-14-6-7-21(34-2)15(8-14)12-35-22-17(26)9-16(25)10-18(22)27/h3-11H,12H2,1-2H3,(H,30,32)(H,31,33)/b29-11+. The van der Waals surface area contributed by atoms with E-state index < -0.39 is 11.8 Å². The molecule has 0 bridgehead atoms. The number of anilines is 1. The minimum Gasteiger partial charge on any atom is -0.496 e. The summed E-state index contributed by atoms with van der Waals surface area (Å²) in [5.41, 5.74) is 4.76. The number of rotatable bonds is 7. The Morgan fingerprint density at radius 2 is 1.77 bits per heavy atom. The van der Waals surface area contributed by atoms with Crippen LogP contribution in [-0.4, -0.2) is 25.1 Å². The van der Waals surface area contributed by atoms with Crippen LogP contribution < -0.4 is 20.2 Å². The molecule has 3 rings (SSSR count). The van der Waals surface area contributed by atoms with E-state index in [1.807, 2.05) is 18.2 Å². The second-order valence-electron chi connectivity index (χ2n) is 7.12. The van der Waals surface area contributed by atoms with E-state index in [0.717, 1.165) is 19.0 Å². The summed E-state index contributed by atoms with van der Waals surface area (Å²) in [7, 11) is 1.57. The molecule has 0 unspecified atom stereocenters. The number of amides is 2. The quantitative estimate of drug-likeness (QED) is 0.166. The summed E-state index contributed by atoms with van der Waals surface area (Å²) in [4.78, 5) is 24.3. The van der Waals surface area contributed by atoms with Crippen molar-refractivity contribution in [2.24, 2.45) is 5.10 Å². The van der Waals surface area contributed by atoms with Gasteiger partial charge in [-0.15, -0.1) is 0 Å². The first-order chi connectivity index (χ1) is 16.7. The maximum Gasteiger partial charge on any atom is 0.329 e. The molecule has 3 aromatic rings. The lowest BCUT2D eigenvalue weighted by molar-refractivity contribution is -0.136. The van der Waals surface area contributed by atoms with Gasteiger partial charge >= 0.3 is 11.8 Å². The number of methoxy groups -OCH3 is 1. The van der Waals surface area contributed by atoms with E-state index in [9.17, 15) is 9.59 Å². The largest absolute Gasteiger partial charge is 0.496 e. The van der Waals surface area contributed by atoms with Crippen LogP contribution in [0.2, 0.25) is 5.02 Å². The lowest BCUT2D eigenvalue weighted by Gasteiger charge is -2.13. The molecule has 0 saturated heterocycles. The predicted molar refractivity (Wildman–Crippen MR) is 147 cm³/mol. The van der Waals surface area contributed by atoms with Crippen molar-refractivity contribution in [1.82, 2.24) is 5.43 Å². The first kappa shape index (κ1) is 27.2. The summed E-state index contributed by atoms with van der Waals surface area (Å²) >= 11 is 16.5. The Morgan fingerprint density at radius 1 is 1.06 bits per heavy atom. The lowest BCUT2D eigenvalue weighted by Crippen LogP contribution is -2.32. The third kappa shape index (κ3) is 7.30. The summed E-state index contributed by atoms with van der Waals surface area (Å²) in [6, 6.07) is 14.1. The van der Waals surface area contributed by atoms with Crippen LogP contribution in [0.15, 0.2) is 67.1 Å². The molecule has 0 aliphatic rings. The van der Waals surface area contributed by atoms with Crippen molar-refractivity contribution in [2.45, 2.75) is 13.5 Å². The molecule has 0 fully saturated rings. The minimum absolute atomic E-state index is 0.220. The van der Waals surface area contributed by atoms with Gasteiger partial charge < -0.3 is 14.8 Å². The average molecular weight is 689 g/mol. The molecule has 7 nitrogen and oxygen atoms in total. The Morgan fingerprint density at radius 3 is 2.46 bits per heavy atom. The fraction of sp³-hybridized carbons (Fsp3) is 0.125. The van der Waals surface area contributed by atoms with Gasteiger partial charge in [0.25, 0.3) is 0 Å². The molecule has 0 spiro atoms. The van der Waals surface area contributed by atoms with Gasteiger partial charge in [-0.3, -0.25) is 9.59 Å². The highest BCUT2D eigenvalue weighted by Crippen LogP contribution is 2.37. The van der Waals surface area contributed by atoms with Crippen molar-refractivity contribution in [2.75, 3.05) is 12.4 Å². The first-order valence-corrected chi connectivity index (χ1v) is 12.8. The second kappa shape index (κ2) is 12.5. The Labute approximate surface area is 232 Å². The number of nitrogens with zero attached hydrogens (tertiary/aromatic N) is 1. The Kier molecular flexibility index (Phi) is 9.73. The van der Waals surface area contributed by atoms with Gasteiger partial charge in [-0.1, -0.05) is 33.6 Å². The Hall–Kier alpha value is -2.40. The number of benzene rings is 3. The van der Waals surface area contributed by atoms with Crippen LogP contribution in [0.25, 0.3) is 0 Å². The molecule has 3 aromatic carbocycles. The van der Waals surface area contributed by atoms with Crippen LogP contribution in [0.4, 0.5) is 5.69 Å². The molecule has 11 heteroatoms. The van der Waals surface area contributed by atoms with E-state index in [-0.39, 0.29) is 6.61 Å². The smallest absolute Gasteiger partial charge is 0.329 e. The van der Waals surface area contributed by atoms with Crippen molar-refractivity contribution in [3.8, 4) is 11.5 Å². The third-order valence-corrected chi connectivity index (χ3v) is 6.79. The van der Waals surface area contributed by atoms with Gasteiger partial charge in [0.05, 0.1) is 22.3 Å². The van der Waals surface area contributed by atoms with Gasteiger partial charge in [-0.2, -0.15) is 5.10 Å². The van der Waals surface area contributed by atoms with Gasteiger partial charge in [0.15, 0.2) is 0 Å². The molecule has 35 heavy (non-hydrogen) atoms. The van der Waals surface area contributed by atoms with E-state index in [1.165, 1.54) is 6.21 Å². The summed E-state index contributed by atoms with van der Waals surface area (Å²) in [6.45, 7) is 1.96. The van der Waals surface area contributed by atoms with Crippen LogP contribution in [0.5, 0.6) is 11.5 Å². The van der Waals surface area contributed by atoms with Crippen LogP contribution >= 0.6 is 59.4 Å². The Balaban J connectivity index is 1.65. The average Bonchev–Trinajstić information content (AvgIpc) is 2.81. The fourth-order valence-corrected chi connectivity index (χ4v) is 5.61. The normalized spacial score (nSPS) is 10.8. The topological polar surface area (TPSA) is 89.0 Å². The lowest BCUT2D eigenvalue weighted by atomic mass is 10.1. The van der Waals surface area contributed by atoms with Crippen molar-refractivity contribution >= 4 is 83.1 Å². The van der Waals surface area contributed by atoms with Crippen molar-refractivity contribution in [3.63, 3.8) is 0 Å². The van der Waals surface area contributed by atoms with Crippen LogP contribution in [0, 0.1) is 6.92 Å². The number of hydrazone groups is 1. The van der Waals surface area contributed by atoms with Crippen molar-refractivity contribution < 1.29 is 19.1 Å². The molecule has 0 aliphatic carbocycles. The summed E-state index contributed by atoms with van der Waals surface area (Å²) in [5, 5.41) is 6.89. The van der Waals surface area contributed by atoms with Crippen molar-refractivity contribution in [3.05, 3.63) is 83.7 Å². The molecule has 0 radical (unpaired) electrons. The Bertz CT molecular complexity index is 1280. The first-order valence-electron chi connectivity index (χ1n) is 10.0. The zero-order valence-electron chi connectivity index (χ0n) is 18.5. The number of carbonyl (C=O) groups is 2. The minimum atomic E-state index is -0.914. The van der Waals surface area contributed by atoms with E-state index in [4.69, 9.17) is 21.1 Å². The fourth-order valence-electron chi connectivity index (χ4n) is 2.95. The van der Waals surface area contributed by atoms with Crippen LogP contribution in [-0.2, 0) is 16.2 Å². The molecule has 0 aromatic heterocycles. The summed E-state index contributed by atoms with van der Waals surface area (Å²) < 4.78 is 13.9. The molecule has 0 atom stereocenters. The van der Waals surface area contributed by atoms with E-state index >= 15 is 0 Å². The van der Waals surface area contributed by atoms with Crippen molar-refractivity contribution in [1.29, 1.82) is 0 Å². The van der Waals surface area contributed by atoms with Gasteiger partial charge in [-0.05, 0) is 92.4 Å². The highest BCUT2D eigenvalue weighted by molar-refractivity contribution is 9.11. The molecule has 0 aliphatic heterocycles. The van der Waals surface area contributed by atoms with E-state index in [2.05, 4.69) is 63.6 Å². The zero-order valence-corrected chi connectivity index (χ0v) is 24.0. The maximum absolute atomic E-state index is 12.2. The van der Waals surface area contributed by atoms with Gasteiger partial charge in [0, 0.05) is 20.7 Å². The number of hydrogen-bond donors (Lipinski definition) is 2. The van der Waals surface area contributed by atoms with Gasteiger partial charge in [0.2, 0.25) is 0 Å². The number of nitrogens with one attached hydrogen (secondary N) is 2. The molecule has 0 saturated carbocycles. The molecule has 2 amide bonds. The molecule has 2 N–H and O–H groups in total. The van der Waals surface area contributed by atoms with Gasteiger partial charge in [0.1, 0.15) is 18.1 Å². The highest BCUT2D eigenvalue weighted by Gasteiger charge is 2.15. The number of halogens is 4. The predicted octanol–water partition coefficient (Wildman–Crippen LogP) is 6.61. The molecule has 182 valence electrons. The molecular weight excluding hydrogens is 669 g/mol. The summed E-state index contributed by atoms with van der Waals surface area (Å²) in [5.74, 6) is -0.501. The summed E-state index contributed by atoms with van der Waals surface area (Å²) in [6.07, 6.45) is 1.42. The van der Waals surface area contributed by atoms with Gasteiger partial charge in [-0.25, -0.2) is 5.43 Å². The number of carbonyl (C=O) groups excluding carboxylic acids is 2. The van der Waals surface area contributed by atoms with Crippen LogP contribution in [0.3, 0.4) is 0 Å². The SMILES string of the molecule is COc1ccc(/C=N/NC(=O)C(=O)Nc2cccc(Cl)c2C)cc1COc1c(Br)cc(Br)cc1Br. The monoisotopic (exact) mass is 685 g/mol. The maximum atomic E-state index is 12.2. The zero-order chi connectivity index (χ0) is 25.5. The number of hydrogen-bond acceptors (Lipinski definition) is 5. The van der Waals surface area contributed by atoms with E-state index in [1.54, 1.807) is 44.4 Å². The number of ether oxygens (including phenoxy) is 2. The van der Waals surface area contributed by atoms with E-state index in [0.29, 0.717) is 33.3 Å². The third-order valence-electron chi connectivity index (χ3n) is 4.74. The van der Waals surface area contributed by atoms with Crippen LogP contribution in [0.1, 0.15) is 16.7 Å². The molecular formula is C24H19Br3ClN3O4. The molecule has 0 heterocycles. The highest BCUT2D eigenvalue weighted by atomic mass is 79.9.